The highest BCUT2D eigenvalue weighted by Gasteiger charge is 2.22. The summed E-state index contributed by atoms with van der Waals surface area (Å²) in [5.74, 6) is 0.196. The maximum Gasteiger partial charge on any atom is 0.252 e. The van der Waals surface area contributed by atoms with E-state index in [-0.39, 0.29) is 12.5 Å². The quantitative estimate of drug-likeness (QED) is 0.644. The van der Waals surface area contributed by atoms with E-state index in [1.165, 1.54) is 0 Å². The summed E-state index contributed by atoms with van der Waals surface area (Å²) in [7, 11) is 1.71. The van der Waals surface area contributed by atoms with Gasteiger partial charge in [0.05, 0.1) is 0 Å². The van der Waals surface area contributed by atoms with Crippen LogP contribution in [0.1, 0.15) is 12.8 Å². The molecule has 1 fully saturated rings. The predicted molar refractivity (Wildman–Crippen MR) is 56.2 cm³/mol. The lowest BCUT2D eigenvalue weighted by atomic mass is 10.00. The van der Waals surface area contributed by atoms with E-state index in [0.29, 0.717) is 12.5 Å². The van der Waals surface area contributed by atoms with Gasteiger partial charge in [-0.3, -0.25) is 4.79 Å². The second-order valence-electron chi connectivity index (χ2n) is 4.03. The molecular formula is C10H20N2O3. The molecule has 5 nitrogen and oxygen atoms in total. The van der Waals surface area contributed by atoms with E-state index < -0.39 is 6.10 Å². The fourth-order valence-corrected chi connectivity index (χ4v) is 1.76. The van der Waals surface area contributed by atoms with Crippen LogP contribution in [-0.4, -0.2) is 55.4 Å². The molecule has 0 saturated carbocycles. The third-order valence-corrected chi connectivity index (χ3v) is 2.76. The molecule has 1 rings (SSSR count). The Morgan fingerprint density at radius 1 is 1.60 bits per heavy atom. The van der Waals surface area contributed by atoms with Gasteiger partial charge in [-0.25, -0.2) is 0 Å². The summed E-state index contributed by atoms with van der Waals surface area (Å²) in [6, 6.07) is 0. The van der Waals surface area contributed by atoms with Crippen LogP contribution in [0, 0.1) is 5.92 Å². The maximum atomic E-state index is 11.5. The molecule has 0 aromatic heterocycles. The molecule has 1 heterocycles. The van der Waals surface area contributed by atoms with Gasteiger partial charge in [-0.1, -0.05) is 0 Å². The first-order valence-electron chi connectivity index (χ1n) is 5.36. The standard InChI is InChI=1S/C10H20N2O3/c1-12(10(14)9(13)6-11)7-8-2-4-15-5-3-8/h8-9,13H,2-7,11H2,1H3. The second-order valence-corrected chi connectivity index (χ2v) is 4.03. The third kappa shape index (κ3) is 3.77. The van der Waals surface area contributed by atoms with Gasteiger partial charge < -0.3 is 20.5 Å². The molecule has 15 heavy (non-hydrogen) atoms. The number of aliphatic hydroxyl groups excluding tert-OH is 1. The Balaban J connectivity index is 2.33. The van der Waals surface area contributed by atoms with Crippen molar-refractivity contribution in [2.24, 2.45) is 11.7 Å². The number of ether oxygens (including phenoxy) is 1. The summed E-state index contributed by atoms with van der Waals surface area (Å²) in [6.07, 6.45) is 0.905. The zero-order valence-electron chi connectivity index (χ0n) is 9.19. The van der Waals surface area contributed by atoms with Gasteiger partial charge in [-0.05, 0) is 18.8 Å². The van der Waals surface area contributed by atoms with Crippen LogP contribution in [0.25, 0.3) is 0 Å². The lowest BCUT2D eigenvalue weighted by Gasteiger charge is -2.28. The molecule has 1 unspecified atom stereocenters. The average Bonchev–Trinajstić information content (AvgIpc) is 2.28. The number of aliphatic hydroxyl groups is 1. The number of carbonyl (C=O) groups is 1. The molecule has 5 heteroatoms. The number of carbonyl (C=O) groups excluding carboxylic acids is 1. The Morgan fingerprint density at radius 2 is 2.20 bits per heavy atom. The highest BCUT2D eigenvalue weighted by Crippen LogP contribution is 2.15. The molecule has 3 N–H and O–H groups in total. The van der Waals surface area contributed by atoms with Crippen LogP contribution in [0.3, 0.4) is 0 Å². The summed E-state index contributed by atoms with van der Waals surface area (Å²) in [5, 5.41) is 9.29. The van der Waals surface area contributed by atoms with E-state index in [4.69, 9.17) is 10.5 Å². The van der Waals surface area contributed by atoms with Gasteiger partial charge in [0.2, 0.25) is 0 Å². The molecule has 1 amide bonds. The van der Waals surface area contributed by atoms with E-state index in [1.54, 1.807) is 11.9 Å². The highest BCUT2D eigenvalue weighted by molar-refractivity contribution is 5.80. The van der Waals surface area contributed by atoms with E-state index >= 15 is 0 Å². The molecular weight excluding hydrogens is 196 g/mol. The van der Waals surface area contributed by atoms with Crippen molar-refractivity contribution >= 4 is 5.91 Å². The summed E-state index contributed by atoms with van der Waals surface area (Å²) in [6.45, 7) is 2.20. The Morgan fingerprint density at radius 3 is 2.73 bits per heavy atom. The maximum absolute atomic E-state index is 11.5. The van der Waals surface area contributed by atoms with Crippen molar-refractivity contribution in [2.45, 2.75) is 18.9 Å². The number of amides is 1. The lowest BCUT2D eigenvalue weighted by Crippen LogP contribution is -2.43. The summed E-state index contributed by atoms with van der Waals surface area (Å²) in [4.78, 5) is 13.1. The van der Waals surface area contributed by atoms with Crippen LogP contribution in [0.5, 0.6) is 0 Å². The van der Waals surface area contributed by atoms with Gasteiger partial charge in [0.15, 0.2) is 0 Å². The first kappa shape index (κ1) is 12.4. The van der Waals surface area contributed by atoms with Gasteiger partial charge in [-0.15, -0.1) is 0 Å². The monoisotopic (exact) mass is 216 g/mol. The average molecular weight is 216 g/mol. The number of nitrogens with zero attached hydrogens (tertiary/aromatic N) is 1. The number of hydrogen-bond donors (Lipinski definition) is 2. The van der Waals surface area contributed by atoms with Crippen molar-refractivity contribution in [2.75, 3.05) is 33.4 Å². The molecule has 88 valence electrons. The van der Waals surface area contributed by atoms with Gasteiger partial charge in [0.25, 0.3) is 5.91 Å². The van der Waals surface area contributed by atoms with Crippen molar-refractivity contribution in [3.63, 3.8) is 0 Å². The molecule has 1 saturated heterocycles. The van der Waals surface area contributed by atoms with Gasteiger partial charge >= 0.3 is 0 Å². The molecule has 1 atom stereocenters. The van der Waals surface area contributed by atoms with Crippen molar-refractivity contribution < 1.29 is 14.6 Å². The van der Waals surface area contributed by atoms with Crippen LogP contribution >= 0.6 is 0 Å². The Labute approximate surface area is 90.2 Å². The minimum atomic E-state index is -1.06. The predicted octanol–water partition coefficient (Wildman–Crippen LogP) is -0.809. The fourth-order valence-electron chi connectivity index (χ4n) is 1.76. The second kappa shape index (κ2) is 6.05. The van der Waals surface area contributed by atoms with Crippen molar-refractivity contribution in [3.05, 3.63) is 0 Å². The topological polar surface area (TPSA) is 75.8 Å². The van der Waals surface area contributed by atoms with E-state index in [0.717, 1.165) is 26.1 Å². The largest absolute Gasteiger partial charge is 0.382 e. The first-order chi connectivity index (χ1) is 7.15. The molecule has 0 aromatic carbocycles. The third-order valence-electron chi connectivity index (χ3n) is 2.76. The zero-order valence-corrected chi connectivity index (χ0v) is 9.19. The summed E-state index contributed by atoms with van der Waals surface area (Å²) >= 11 is 0. The van der Waals surface area contributed by atoms with Crippen LogP contribution < -0.4 is 5.73 Å². The van der Waals surface area contributed by atoms with Gasteiger partial charge in [0.1, 0.15) is 6.10 Å². The Bertz CT molecular complexity index is 205. The van der Waals surface area contributed by atoms with Gasteiger partial charge in [-0.2, -0.15) is 0 Å². The molecule has 1 aliphatic heterocycles. The minimum absolute atomic E-state index is 0.0169. The molecule has 0 spiro atoms. The van der Waals surface area contributed by atoms with Crippen LogP contribution in [0.2, 0.25) is 0 Å². The van der Waals surface area contributed by atoms with Crippen LogP contribution in [0.4, 0.5) is 0 Å². The van der Waals surface area contributed by atoms with Gasteiger partial charge in [0, 0.05) is 33.4 Å². The molecule has 0 bridgehead atoms. The zero-order chi connectivity index (χ0) is 11.3. The van der Waals surface area contributed by atoms with Crippen LogP contribution in [0.15, 0.2) is 0 Å². The number of hydrogen-bond acceptors (Lipinski definition) is 4. The lowest BCUT2D eigenvalue weighted by molar-refractivity contribution is -0.139. The number of likely N-dealkylation sites (N-methyl/N-ethyl adjacent to an activating group) is 1. The van der Waals surface area contributed by atoms with E-state index in [9.17, 15) is 9.90 Å². The van der Waals surface area contributed by atoms with Crippen molar-refractivity contribution in [1.29, 1.82) is 0 Å². The van der Waals surface area contributed by atoms with E-state index in [2.05, 4.69) is 0 Å². The van der Waals surface area contributed by atoms with Crippen molar-refractivity contribution in [1.82, 2.24) is 4.90 Å². The minimum Gasteiger partial charge on any atom is -0.382 e. The highest BCUT2D eigenvalue weighted by atomic mass is 16.5. The number of nitrogens with two attached hydrogens (primary N) is 1. The molecule has 1 aliphatic rings. The number of rotatable bonds is 4. The SMILES string of the molecule is CN(CC1CCOCC1)C(=O)C(O)CN. The van der Waals surface area contributed by atoms with E-state index in [1.807, 2.05) is 0 Å². The fraction of sp³-hybridized carbons (Fsp3) is 0.900. The smallest absolute Gasteiger partial charge is 0.252 e. The molecule has 0 aromatic rings. The normalized spacial score (nSPS) is 19.9. The summed E-state index contributed by atoms with van der Waals surface area (Å²) in [5.41, 5.74) is 5.23. The van der Waals surface area contributed by atoms with Crippen LogP contribution in [-0.2, 0) is 9.53 Å². The Hall–Kier alpha value is -0.650. The van der Waals surface area contributed by atoms with Crippen molar-refractivity contribution in [3.8, 4) is 0 Å². The molecule has 0 radical (unpaired) electrons. The first-order valence-corrected chi connectivity index (χ1v) is 5.36. The Kier molecular flexibility index (Phi) is 5.01. The molecule has 0 aliphatic carbocycles. The summed E-state index contributed by atoms with van der Waals surface area (Å²) < 4.78 is 5.24.